The van der Waals surface area contributed by atoms with Gasteiger partial charge < -0.3 is 37.9 Å². The third kappa shape index (κ3) is 11.7. The zero-order valence-corrected chi connectivity index (χ0v) is 31.7. The largest absolute Gasteiger partial charge is 0.493 e. The Hall–Kier alpha value is -7.10. The number of methoxy groups -OCH3 is 6. The molecule has 4 aromatic rings. The molecule has 0 atom stereocenters. The van der Waals surface area contributed by atoms with Crippen molar-refractivity contribution in [2.45, 2.75) is 25.7 Å². The molecule has 0 saturated carbocycles. The van der Waals surface area contributed by atoms with Gasteiger partial charge in [-0.15, -0.1) is 0 Å². The van der Waals surface area contributed by atoms with Gasteiger partial charge in [-0.2, -0.15) is 10.2 Å². The number of nitrogens with zero attached hydrogens (tertiary/aromatic N) is 2. The first-order valence-corrected chi connectivity index (χ1v) is 17.0. The minimum Gasteiger partial charge on any atom is -0.493 e. The molecule has 0 fully saturated rings. The Kier molecular flexibility index (Phi) is 15.6. The fraction of sp³-hybridized carbons (Fsp3) is 0.250. The maximum atomic E-state index is 12.7. The van der Waals surface area contributed by atoms with Gasteiger partial charge in [0, 0.05) is 12.8 Å². The van der Waals surface area contributed by atoms with Crippen molar-refractivity contribution in [3.05, 3.63) is 95.1 Å². The molecule has 0 aliphatic rings. The summed E-state index contributed by atoms with van der Waals surface area (Å²) < 4.78 is 42.6. The third-order valence-electron chi connectivity index (χ3n) is 7.85. The van der Waals surface area contributed by atoms with E-state index in [1.165, 1.54) is 79.4 Å². The van der Waals surface area contributed by atoms with E-state index in [2.05, 4.69) is 21.1 Å². The van der Waals surface area contributed by atoms with Crippen LogP contribution in [-0.2, 0) is 9.59 Å². The Balaban J connectivity index is 1.13. The van der Waals surface area contributed by atoms with Crippen LogP contribution < -0.4 is 48.7 Å². The van der Waals surface area contributed by atoms with Crippen LogP contribution in [0.4, 0.5) is 0 Å². The second kappa shape index (κ2) is 21.0. The Bertz CT molecular complexity index is 1850. The number of hydrogen-bond acceptors (Lipinski definition) is 14. The predicted molar refractivity (Wildman–Crippen MR) is 205 cm³/mol. The van der Waals surface area contributed by atoms with Crippen LogP contribution in [-0.4, -0.2) is 78.8 Å². The maximum Gasteiger partial charge on any atom is 0.343 e. The molecule has 0 aliphatic carbocycles. The lowest BCUT2D eigenvalue weighted by Gasteiger charge is -2.13. The Morgan fingerprint density at radius 3 is 1.11 bits per heavy atom. The van der Waals surface area contributed by atoms with Gasteiger partial charge >= 0.3 is 11.9 Å². The SMILES string of the molecule is COc1cc(C(=O)Oc2ccc(/C=N/NC(=O)CCCCC(=O)N/N=C/c3ccc(OC(=O)c4cc(OC)c(OC)c(OC)c4)cc3)cc2)cc(OC)c1OC. The fourth-order valence-electron chi connectivity index (χ4n) is 5.01. The molecule has 0 aliphatic heterocycles. The van der Waals surface area contributed by atoms with Gasteiger partial charge in [0.15, 0.2) is 23.0 Å². The summed E-state index contributed by atoms with van der Waals surface area (Å²) in [6.45, 7) is 0. The van der Waals surface area contributed by atoms with Crippen LogP contribution in [0.5, 0.6) is 46.0 Å². The number of unbranched alkanes of at least 4 members (excludes halogenated alkanes) is 1. The third-order valence-corrected chi connectivity index (χ3v) is 7.85. The first-order valence-electron chi connectivity index (χ1n) is 17.0. The fourth-order valence-corrected chi connectivity index (χ4v) is 5.01. The zero-order chi connectivity index (χ0) is 40.5. The molecule has 16 nitrogen and oxygen atoms in total. The number of carbonyl (C=O) groups is 4. The first kappa shape index (κ1) is 41.7. The highest BCUT2D eigenvalue weighted by molar-refractivity contribution is 5.94. The second-order valence-electron chi connectivity index (χ2n) is 11.5. The standard InChI is InChI=1S/C40H42N4O12/c1-49-31-19-27(20-32(50-2)37(31)53-5)39(47)55-29-15-11-25(12-16-29)23-41-43-35(45)9-7-8-10-36(46)44-42-24-26-13-17-30(18-14-26)56-40(48)28-21-33(51-3)38(54-6)34(22-28)52-4/h11-24H,7-10H2,1-6H3,(H,43,45)(H,44,46)/b41-23+,42-24+. The van der Waals surface area contributed by atoms with Crippen LogP contribution in [0, 0.1) is 0 Å². The van der Waals surface area contributed by atoms with E-state index in [9.17, 15) is 19.2 Å². The lowest BCUT2D eigenvalue weighted by Crippen LogP contribution is -2.19. The summed E-state index contributed by atoms with van der Waals surface area (Å²) in [5, 5.41) is 7.92. The van der Waals surface area contributed by atoms with E-state index in [0.717, 1.165) is 0 Å². The Morgan fingerprint density at radius 2 is 0.821 bits per heavy atom. The second-order valence-corrected chi connectivity index (χ2v) is 11.5. The predicted octanol–water partition coefficient (Wildman–Crippen LogP) is 5.34. The van der Waals surface area contributed by atoms with Crippen LogP contribution in [0.3, 0.4) is 0 Å². The van der Waals surface area contributed by atoms with Gasteiger partial charge in [-0.3, -0.25) is 9.59 Å². The normalized spacial score (nSPS) is 10.8. The number of ether oxygens (including phenoxy) is 8. The molecular formula is C40H42N4O12. The van der Waals surface area contributed by atoms with E-state index >= 15 is 0 Å². The number of hydrazone groups is 2. The summed E-state index contributed by atoms with van der Waals surface area (Å²) in [5.74, 6) is 0.709. The molecule has 2 N–H and O–H groups in total. The Morgan fingerprint density at radius 1 is 0.500 bits per heavy atom. The quantitative estimate of drug-likeness (QED) is 0.0410. The van der Waals surface area contributed by atoms with Gasteiger partial charge in [0.1, 0.15) is 11.5 Å². The summed E-state index contributed by atoms with van der Waals surface area (Å²) >= 11 is 0. The maximum absolute atomic E-state index is 12.7. The molecule has 0 aromatic heterocycles. The van der Waals surface area contributed by atoms with Crippen LogP contribution in [0.15, 0.2) is 83.0 Å². The van der Waals surface area contributed by atoms with Gasteiger partial charge in [-0.25, -0.2) is 20.4 Å². The van der Waals surface area contributed by atoms with E-state index in [1.54, 1.807) is 48.5 Å². The van der Waals surface area contributed by atoms with Gasteiger partial charge in [0.2, 0.25) is 23.3 Å². The number of esters is 2. The lowest BCUT2D eigenvalue weighted by atomic mass is 10.2. The summed E-state index contributed by atoms with van der Waals surface area (Å²) in [5.41, 5.74) is 6.63. The van der Waals surface area contributed by atoms with Crippen LogP contribution in [0.1, 0.15) is 57.5 Å². The van der Waals surface area contributed by atoms with Crippen LogP contribution in [0.25, 0.3) is 0 Å². The number of carbonyl (C=O) groups excluding carboxylic acids is 4. The molecule has 0 heterocycles. The summed E-state index contributed by atoms with van der Waals surface area (Å²) in [6, 6.07) is 19.0. The molecule has 0 saturated heterocycles. The van der Waals surface area contributed by atoms with Crippen molar-refractivity contribution in [3.63, 3.8) is 0 Å². The number of nitrogens with one attached hydrogen (secondary N) is 2. The summed E-state index contributed by atoms with van der Waals surface area (Å²) in [4.78, 5) is 49.9. The number of amides is 2. The molecule has 0 unspecified atom stereocenters. The van der Waals surface area contributed by atoms with E-state index < -0.39 is 11.9 Å². The molecule has 16 heteroatoms. The molecule has 294 valence electrons. The highest BCUT2D eigenvalue weighted by atomic mass is 16.6. The van der Waals surface area contributed by atoms with Crippen molar-refractivity contribution in [1.29, 1.82) is 0 Å². The summed E-state index contributed by atoms with van der Waals surface area (Å²) in [7, 11) is 8.73. The van der Waals surface area contributed by atoms with E-state index in [4.69, 9.17) is 37.9 Å². The van der Waals surface area contributed by atoms with Gasteiger partial charge in [-0.1, -0.05) is 0 Å². The van der Waals surface area contributed by atoms with Gasteiger partial charge in [0.25, 0.3) is 0 Å². The molecule has 0 bridgehead atoms. The highest BCUT2D eigenvalue weighted by Crippen LogP contribution is 2.39. The topological polar surface area (TPSA) is 191 Å². The minimum atomic E-state index is -0.622. The molecule has 4 aromatic carbocycles. The first-order chi connectivity index (χ1) is 27.1. The average Bonchev–Trinajstić information content (AvgIpc) is 3.22. The van der Waals surface area contributed by atoms with E-state index in [-0.39, 0.29) is 35.8 Å². The molecule has 56 heavy (non-hydrogen) atoms. The smallest absolute Gasteiger partial charge is 0.343 e. The minimum absolute atomic E-state index is 0.167. The number of rotatable bonds is 19. The van der Waals surface area contributed by atoms with Crippen molar-refractivity contribution < 1.29 is 57.1 Å². The van der Waals surface area contributed by atoms with Gasteiger partial charge in [0.05, 0.1) is 66.2 Å². The van der Waals surface area contributed by atoms with Crippen molar-refractivity contribution in [3.8, 4) is 46.0 Å². The molecular weight excluding hydrogens is 728 g/mol. The van der Waals surface area contributed by atoms with Crippen molar-refractivity contribution in [2.24, 2.45) is 10.2 Å². The summed E-state index contributed by atoms with van der Waals surface area (Å²) in [6.07, 6.45) is 4.15. The lowest BCUT2D eigenvalue weighted by molar-refractivity contribution is -0.123. The number of hydrogen-bond donors (Lipinski definition) is 2. The van der Waals surface area contributed by atoms with Crippen molar-refractivity contribution >= 4 is 36.2 Å². The monoisotopic (exact) mass is 770 g/mol. The molecule has 0 radical (unpaired) electrons. The van der Waals surface area contributed by atoms with E-state index in [0.29, 0.717) is 70.0 Å². The van der Waals surface area contributed by atoms with Crippen molar-refractivity contribution in [1.82, 2.24) is 10.9 Å². The van der Waals surface area contributed by atoms with Crippen LogP contribution >= 0.6 is 0 Å². The van der Waals surface area contributed by atoms with Gasteiger partial charge in [-0.05, 0) is 96.8 Å². The zero-order valence-electron chi connectivity index (χ0n) is 31.7. The molecule has 2 amide bonds. The number of benzene rings is 4. The van der Waals surface area contributed by atoms with Crippen LogP contribution in [0.2, 0.25) is 0 Å². The Labute approximate surface area is 323 Å². The molecule has 0 spiro atoms. The van der Waals surface area contributed by atoms with E-state index in [1.807, 2.05) is 0 Å². The highest BCUT2D eigenvalue weighted by Gasteiger charge is 2.20. The average molecular weight is 771 g/mol. The molecule has 4 rings (SSSR count). The van der Waals surface area contributed by atoms with Crippen molar-refractivity contribution in [2.75, 3.05) is 42.7 Å².